The molecule has 3 aromatic carbocycles. The van der Waals surface area contributed by atoms with Crippen LogP contribution in [0.4, 0.5) is 0 Å². The Morgan fingerprint density at radius 1 is 0.636 bits per heavy atom. The number of pyridine rings is 2. The van der Waals surface area contributed by atoms with Crippen molar-refractivity contribution in [3.05, 3.63) is 103 Å². The third kappa shape index (κ3) is 3.03. The average Bonchev–Trinajstić information content (AvgIpc) is 3.28. The van der Waals surface area contributed by atoms with Crippen LogP contribution in [0.2, 0.25) is 0 Å². The van der Waals surface area contributed by atoms with Crippen LogP contribution in [0.5, 0.6) is 11.5 Å². The fourth-order valence-electron chi connectivity index (χ4n) is 4.72. The Balaban J connectivity index is 1.83. The normalized spacial score (nSPS) is 11.3. The quantitative estimate of drug-likeness (QED) is 0.312. The highest BCUT2D eigenvalue weighted by Crippen LogP contribution is 2.41. The summed E-state index contributed by atoms with van der Waals surface area (Å²) in [5, 5.41) is 2.42. The number of rotatable bonds is 4. The van der Waals surface area contributed by atoms with Gasteiger partial charge in [0.05, 0.1) is 20.4 Å². The van der Waals surface area contributed by atoms with E-state index in [0.29, 0.717) is 0 Å². The van der Waals surface area contributed by atoms with Crippen molar-refractivity contribution >= 4 is 21.9 Å². The van der Waals surface area contributed by atoms with Gasteiger partial charge in [0.15, 0.2) is 5.52 Å². The molecule has 160 valence electrons. The number of fused-ring (bicyclic) bond motifs is 5. The molecule has 0 atom stereocenters. The van der Waals surface area contributed by atoms with Crippen LogP contribution in [0.25, 0.3) is 44.3 Å². The van der Waals surface area contributed by atoms with Crippen molar-refractivity contribution in [2.75, 3.05) is 14.2 Å². The van der Waals surface area contributed by atoms with Crippen molar-refractivity contribution in [3.8, 4) is 33.9 Å². The van der Waals surface area contributed by atoms with Gasteiger partial charge in [0.2, 0.25) is 0 Å². The predicted molar refractivity (Wildman–Crippen MR) is 132 cm³/mol. The third-order valence-corrected chi connectivity index (χ3v) is 6.27. The summed E-state index contributed by atoms with van der Waals surface area (Å²) in [6.07, 6.45) is 4.31. The van der Waals surface area contributed by atoms with Crippen molar-refractivity contribution < 1.29 is 13.9 Å². The minimum Gasteiger partial charge on any atom is -0.497 e. The van der Waals surface area contributed by atoms with Crippen molar-refractivity contribution in [2.24, 2.45) is 0 Å². The standard InChI is InChI=1S/C29H23N2O2/c1-32-22-14-10-20(11-15-22)28-25-8-4-3-7-24(25)26-19-30-18-6-5-9-27(30)31(26)29(28)21-12-16-23(33-2)17-13-21/h3-19H,1-2H3/q+1. The van der Waals surface area contributed by atoms with Crippen LogP contribution >= 0.6 is 0 Å². The summed E-state index contributed by atoms with van der Waals surface area (Å²) in [5.41, 5.74) is 6.87. The lowest BCUT2D eigenvalue weighted by Crippen LogP contribution is -2.17. The van der Waals surface area contributed by atoms with Crippen molar-refractivity contribution in [3.63, 3.8) is 0 Å². The molecule has 0 fully saturated rings. The van der Waals surface area contributed by atoms with Crippen LogP contribution < -0.4 is 13.9 Å². The molecular weight excluding hydrogens is 408 g/mol. The van der Waals surface area contributed by atoms with E-state index >= 15 is 0 Å². The highest BCUT2D eigenvalue weighted by molar-refractivity contribution is 6.10. The molecular formula is C29H23N2O2+. The predicted octanol–water partition coefficient (Wildman–Crippen LogP) is 6.18. The number of aromatic nitrogens is 2. The molecule has 0 amide bonds. The molecule has 3 heterocycles. The first-order valence-corrected chi connectivity index (χ1v) is 10.9. The van der Waals surface area contributed by atoms with Gasteiger partial charge in [-0.25, -0.2) is 4.40 Å². The Morgan fingerprint density at radius 3 is 1.91 bits per heavy atom. The van der Waals surface area contributed by atoms with Gasteiger partial charge in [-0.15, -0.1) is 0 Å². The van der Waals surface area contributed by atoms with E-state index in [1.54, 1.807) is 14.2 Å². The Labute approximate surface area is 191 Å². The molecule has 3 aromatic heterocycles. The second kappa shape index (κ2) is 7.68. The van der Waals surface area contributed by atoms with Crippen LogP contribution in [-0.4, -0.2) is 18.6 Å². The Morgan fingerprint density at radius 2 is 1.24 bits per heavy atom. The SMILES string of the molecule is COc1ccc(-c2c(-c3ccc(OC)cc3)n3c(c[n+]4ccccc34)c3ccccc23)cc1. The second-order valence-corrected chi connectivity index (χ2v) is 8.04. The number of ether oxygens (including phenoxy) is 2. The summed E-state index contributed by atoms with van der Waals surface area (Å²) in [6.45, 7) is 0. The van der Waals surface area contributed by atoms with E-state index in [2.05, 4.69) is 87.9 Å². The van der Waals surface area contributed by atoms with Gasteiger partial charge >= 0.3 is 0 Å². The summed E-state index contributed by atoms with van der Waals surface area (Å²) >= 11 is 0. The maximum absolute atomic E-state index is 5.43. The number of benzene rings is 3. The number of methoxy groups -OCH3 is 2. The summed E-state index contributed by atoms with van der Waals surface area (Å²) < 4.78 is 15.4. The van der Waals surface area contributed by atoms with E-state index in [1.807, 2.05) is 24.3 Å². The van der Waals surface area contributed by atoms with Gasteiger partial charge in [-0.2, -0.15) is 4.40 Å². The first kappa shape index (κ1) is 19.4. The van der Waals surface area contributed by atoms with Gasteiger partial charge in [0.1, 0.15) is 23.4 Å². The van der Waals surface area contributed by atoms with Gasteiger partial charge in [0.25, 0.3) is 5.65 Å². The van der Waals surface area contributed by atoms with Crippen LogP contribution in [0.3, 0.4) is 0 Å². The van der Waals surface area contributed by atoms with Gasteiger partial charge in [-0.1, -0.05) is 36.4 Å². The first-order valence-electron chi connectivity index (χ1n) is 10.9. The van der Waals surface area contributed by atoms with Crippen molar-refractivity contribution in [1.29, 1.82) is 0 Å². The van der Waals surface area contributed by atoms with E-state index in [1.165, 1.54) is 21.9 Å². The second-order valence-electron chi connectivity index (χ2n) is 8.04. The van der Waals surface area contributed by atoms with E-state index in [9.17, 15) is 0 Å². The summed E-state index contributed by atoms with van der Waals surface area (Å²) in [5.74, 6) is 1.69. The number of imidazole rings is 1. The topological polar surface area (TPSA) is 27.0 Å². The van der Waals surface area contributed by atoms with Crippen LogP contribution in [0.1, 0.15) is 0 Å². The molecule has 0 aliphatic heterocycles. The molecule has 0 aliphatic carbocycles. The molecule has 6 rings (SSSR count). The Kier molecular flexibility index (Phi) is 4.51. The zero-order valence-electron chi connectivity index (χ0n) is 18.5. The van der Waals surface area contributed by atoms with Crippen molar-refractivity contribution in [1.82, 2.24) is 4.40 Å². The lowest BCUT2D eigenvalue weighted by molar-refractivity contribution is -0.509. The first-order chi connectivity index (χ1) is 16.3. The fourth-order valence-corrected chi connectivity index (χ4v) is 4.72. The van der Waals surface area contributed by atoms with Crippen LogP contribution in [0.15, 0.2) is 103 Å². The number of hydrogen-bond donors (Lipinski definition) is 0. The number of hydrogen-bond acceptors (Lipinski definition) is 2. The minimum absolute atomic E-state index is 0.841. The highest BCUT2D eigenvalue weighted by atomic mass is 16.5. The molecule has 0 radical (unpaired) electrons. The van der Waals surface area contributed by atoms with Crippen LogP contribution in [0, 0.1) is 0 Å². The smallest absolute Gasteiger partial charge is 0.291 e. The average molecular weight is 432 g/mol. The third-order valence-electron chi connectivity index (χ3n) is 6.27. The van der Waals surface area contributed by atoms with Crippen molar-refractivity contribution in [2.45, 2.75) is 0 Å². The monoisotopic (exact) mass is 431 g/mol. The molecule has 0 bridgehead atoms. The molecule has 0 saturated heterocycles. The zero-order valence-corrected chi connectivity index (χ0v) is 18.5. The molecule has 0 unspecified atom stereocenters. The largest absolute Gasteiger partial charge is 0.497 e. The Bertz CT molecular complexity index is 1610. The molecule has 33 heavy (non-hydrogen) atoms. The minimum atomic E-state index is 0.841. The summed E-state index contributed by atoms with van der Waals surface area (Å²) in [7, 11) is 3.39. The molecule has 0 spiro atoms. The lowest BCUT2D eigenvalue weighted by atomic mass is 9.93. The molecule has 4 nitrogen and oxygen atoms in total. The molecule has 0 N–H and O–H groups in total. The van der Waals surface area contributed by atoms with E-state index in [-0.39, 0.29) is 0 Å². The zero-order chi connectivity index (χ0) is 22.4. The van der Waals surface area contributed by atoms with Gasteiger partial charge < -0.3 is 9.47 Å². The van der Waals surface area contributed by atoms with Gasteiger partial charge in [-0.05, 0) is 59.5 Å². The van der Waals surface area contributed by atoms with Gasteiger partial charge in [-0.3, -0.25) is 0 Å². The Hall–Kier alpha value is -4.31. The summed E-state index contributed by atoms with van der Waals surface area (Å²) in [4.78, 5) is 0. The van der Waals surface area contributed by atoms with E-state index in [0.717, 1.165) is 34.0 Å². The maximum Gasteiger partial charge on any atom is 0.291 e. The van der Waals surface area contributed by atoms with Gasteiger partial charge in [0, 0.05) is 22.6 Å². The van der Waals surface area contributed by atoms with E-state index in [4.69, 9.17) is 9.47 Å². The molecule has 0 aliphatic rings. The fraction of sp³-hybridized carbons (Fsp3) is 0.0690. The molecule has 0 saturated carbocycles. The maximum atomic E-state index is 5.43. The lowest BCUT2D eigenvalue weighted by Gasteiger charge is -2.14. The number of nitrogens with zero attached hydrogens (tertiary/aromatic N) is 2. The van der Waals surface area contributed by atoms with Crippen LogP contribution in [-0.2, 0) is 0 Å². The highest BCUT2D eigenvalue weighted by Gasteiger charge is 2.25. The summed E-state index contributed by atoms with van der Waals surface area (Å²) in [6, 6.07) is 31.6. The molecule has 4 heteroatoms. The molecule has 6 aromatic rings. The van der Waals surface area contributed by atoms with E-state index < -0.39 is 0 Å².